The van der Waals surface area contributed by atoms with E-state index in [9.17, 15) is 23.3 Å². The van der Waals surface area contributed by atoms with Gasteiger partial charge in [0.05, 0.1) is 5.88 Å². The molecule has 0 aromatic carbocycles. The van der Waals surface area contributed by atoms with Crippen LogP contribution >= 0.6 is 11.6 Å². The lowest BCUT2D eigenvalue weighted by atomic mass is 10.2. The lowest BCUT2D eigenvalue weighted by Crippen LogP contribution is -2.12. The lowest BCUT2D eigenvalue weighted by molar-refractivity contribution is -0.390. The molecule has 4 nitrogen and oxygen atoms in total. The van der Waals surface area contributed by atoms with Crippen molar-refractivity contribution in [2.45, 2.75) is 12.1 Å². The largest absolute Gasteiger partial charge is 0.458 e. The molecule has 0 spiro atoms. The Morgan fingerprint density at radius 1 is 1.47 bits per heavy atom. The molecule has 15 heavy (non-hydrogen) atoms. The fourth-order valence-corrected chi connectivity index (χ4v) is 1.15. The van der Waals surface area contributed by atoms with Crippen LogP contribution in [0.1, 0.15) is 11.3 Å². The maximum Gasteiger partial charge on any atom is 0.458 e. The van der Waals surface area contributed by atoms with E-state index in [4.69, 9.17) is 11.6 Å². The van der Waals surface area contributed by atoms with Crippen molar-refractivity contribution in [3.8, 4) is 0 Å². The maximum absolute atomic E-state index is 12.3. The highest BCUT2D eigenvalue weighted by Crippen LogP contribution is 2.32. The van der Waals surface area contributed by atoms with E-state index in [1.807, 2.05) is 0 Å². The van der Waals surface area contributed by atoms with Crippen molar-refractivity contribution < 1.29 is 18.1 Å². The first-order valence-electron chi connectivity index (χ1n) is 3.63. The minimum absolute atomic E-state index is 0.283. The van der Waals surface area contributed by atoms with Crippen molar-refractivity contribution in [1.82, 2.24) is 4.98 Å². The molecule has 0 bridgehead atoms. The summed E-state index contributed by atoms with van der Waals surface area (Å²) >= 11 is 5.26. The van der Waals surface area contributed by atoms with Gasteiger partial charge in [-0.05, 0) is 16.0 Å². The summed E-state index contributed by atoms with van der Waals surface area (Å²) in [6.07, 6.45) is -4.74. The molecule has 0 aliphatic heterocycles. The number of halogens is 4. The molecular formula is C7H4ClF3N2O2. The Labute approximate surface area is 86.8 Å². The van der Waals surface area contributed by atoms with E-state index >= 15 is 0 Å². The Balaban J connectivity index is 3.32. The summed E-state index contributed by atoms with van der Waals surface area (Å²) in [5, 5.41) is 10.2. The predicted molar refractivity (Wildman–Crippen MR) is 45.5 cm³/mol. The van der Waals surface area contributed by atoms with Crippen LogP contribution in [-0.2, 0) is 12.1 Å². The highest BCUT2D eigenvalue weighted by molar-refractivity contribution is 6.17. The van der Waals surface area contributed by atoms with Gasteiger partial charge in [0.15, 0.2) is 0 Å². The molecule has 0 amide bonds. The highest BCUT2D eigenvalue weighted by atomic mass is 35.5. The van der Waals surface area contributed by atoms with Crippen molar-refractivity contribution in [1.29, 1.82) is 0 Å². The van der Waals surface area contributed by atoms with Crippen LogP contribution in [0.15, 0.2) is 12.1 Å². The quantitative estimate of drug-likeness (QED) is 0.454. The average molecular weight is 241 g/mol. The SMILES string of the molecule is O=[N+]([O-])c1ccc(CCl)c(C(F)(F)F)n1. The summed E-state index contributed by atoms with van der Waals surface area (Å²) in [5.74, 6) is -1.25. The third-order valence-electron chi connectivity index (χ3n) is 1.56. The molecule has 82 valence electrons. The van der Waals surface area contributed by atoms with Gasteiger partial charge in [-0.3, -0.25) is 0 Å². The van der Waals surface area contributed by atoms with Gasteiger partial charge in [-0.2, -0.15) is 13.2 Å². The predicted octanol–water partition coefficient (Wildman–Crippen LogP) is 2.75. The Morgan fingerprint density at radius 3 is 2.47 bits per heavy atom. The Hall–Kier alpha value is -1.37. The van der Waals surface area contributed by atoms with E-state index in [1.165, 1.54) is 0 Å². The lowest BCUT2D eigenvalue weighted by Gasteiger charge is -2.05. The monoisotopic (exact) mass is 240 g/mol. The van der Waals surface area contributed by atoms with Crippen LogP contribution in [0.4, 0.5) is 19.0 Å². The molecule has 0 unspecified atom stereocenters. The second-order valence-corrected chi connectivity index (χ2v) is 2.83. The first-order chi connectivity index (χ1) is 6.86. The van der Waals surface area contributed by atoms with Crippen molar-refractivity contribution in [3.63, 3.8) is 0 Å². The smallest absolute Gasteiger partial charge is 0.358 e. The highest BCUT2D eigenvalue weighted by Gasteiger charge is 2.40. The fraction of sp³-hybridized carbons (Fsp3) is 0.286. The summed E-state index contributed by atoms with van der Waals surface area (Å²) in [6, 6.07) is 1.83. The Morgan fingerprint density at radius 2 is 2.07 bits per heavy atom. The molecule has 0 aliphatic rings. The molecule has 0 saturated heterocycles. The maximum atomic E-state index is 12.3. The van der Waals surface area contributed by atoms with E-state index in [2.05, 4.69) is 4.98 Å². The minimum atomic E-state index is -4.74. The van der Waals surface area contributed by atoms with Crippen LogP contribution < -0.4 is 0 Å². The average Bonchev–Trinajstić information content (AvgIpc) is 2.15. The third kappa shape index (κ3) is 2.56. The van der Waals surface area contributed by atoms with Crippen LogP contribution in [0.5, 0.6) is 0 Å². The van der Waals surface area contributed by atoms with Gasteiger partial charge in [0.2, 0.25) is 0 Å². The van der Waals surface area contributed by atoms with Crippen LogP contribution in [-0.4, -0.2) is 9.91 Å². The van der Waals surface area contributed by atoms with Crippen molar-refractivity contribution in [2.75, 3.05) is 0 Å². The molecule has 1 aromatic rings. The summed E-state index contributed by atoms with van der Waals surface area (Å²) in [5.41, 5.74) is -1.60. The van der Waals surface area contributed by atoms with Gasteiger partial charge in [0.1, 0.15) is 0 Å². The van der Waals surface area contributed by atoms with Crippen LogP contribution in [0.3, 0.4) is 0 Å². The third-order valence-corrected chi connectivity index (χ3v) is 1.85. The number of pyridine rings is 1. The minimum Gasteiger partial charge on any atom is -0.358 e. The molecule has 0 atom stereocenters. The van der Waals surface area contributed by atoms with E-state index in [0.29, 0.717) is 0 Å². The van der Waals surface area contributed by atoms with Crippen LogP contribution in [0.25, 0.3) is 0 Å². The molecule has 0 N–H and O–H groups in total. The van der Waals surface area contributed by atoms with Gasteiger partial charge in [-0.25, -0.2) is 0 Å². The van der Waals surface area contributed by atoms with Crippen LogP contribution in [0.2, 0.25) is 0 Å². The molecule has 0 radical (unpaired) electrons. The number of hydrogen-bond acceptors (Lipinski definition) is 3. The number of alkyl halides is 4. The molecule has 1 rings (SSSR count). The second-order valence-electron chi connectivity index (χ2n) is 2.57. The zero-order chi connectivity index (χ0) is 11.6. The summed E-state index contributed by atoms with van der Waals surface area (Å²) < 4.78 is 37.0. The molecule has 0 saturated carbocycles. The number of rotatable bonds is 2. The Kier molecular flexibility index (Phi) is 3.13. The molecule has 1 aromatic heterocycles. The summed E-state index contributed by atoms with van der Waals surface area (Å²) in [6.45, 7) is 0. The van der Waals surface area contributed by atoms with Crippen molar-refractivity contribution in [3.05, 3.63) is 33.5 Å². The van der Waals surface area contributed by atoms with Crippen molar-refractivity contribution >= 4 is 17.4 Å². The molecule has 0 aliphatic carbocycles. The molecule has 8 heteroatoms. The van der Waals surface area contributed by atoms with Gasteiger partial charge in [0.25, 0.3) is 5.69 Å². The molecular weight excluding hydrogens is 237 g/mol. The fourth-order valence-electron chi connectivity index (χ4n) is 0.933. The van der Waals surface area contributed by atoms with Gasteiger partial charge < -0.3 is 10.1 Å². The van der Waals surface area contributed by atoms with Gasteiger partial charge in [-0.1, -0.05) is 0 Å². The van der Waals surface area contributed by atoms with E-state index in [-0.39, 0.29) is 5.56 Å². The van der Waals surface area contributed by atoms with E-state index in [0.717, 1.165) is 12.1 Å². The number of hydrogen-bond donors (Lipinski definition) is 0. The number of nitro groups is 1. The number of aromatic nitrogens is 1. The van der Waals surface area contributed by atoms with Gasteiger partial charge >= 0.3 is 12.0 Å². The van der Waals surface area contributed by atoms with E-state index < -0.39 is 28.5 Å². The molecule has 0 fully saturated rings. The summed E-state index contributed by atoms with van der Waals surface area (Å²) in [7, 11) is 0. The normalized spacial score (nSPS) is 11.5. The standard InChI is InChI=1S/C7H4ClF3N2O2/c8-3-4-1-2-5(13(14)15)12-6(4)7(9,10)11/h1-2H,3H2. The first kappa shape index (κ1) is 11.7. The summed E-state index contributed by atoms with van der Waals surface area (Å²) in [4.78, 5) is 12.1. The van der Waals surface area contributed by atoms with Gasteiger partial charge in [-0.15, -0.1) is 11.6 Å². The van der Waals surface area contributed by atoms with E-state index in [1.54, 1.807) is 0 Å². The number of nitrogens with zero attached hydrogens (tertiary/aromatic N) is 2. The van der Waals surface area contributed by atoms with Crippen LogP contribution in [0, 0.1) is 10.1 Å². The second kappa shape index (κ2) is 4.01. The zero-order valence-electron chi connectivity index (χ0n) is 7.08. The van der Waals surface area contributed by atoms with Gasteiger partial charge in [0, 0.05) is 11.6 Å². The molecule has 1 heterocycles. The Bertz CT molecular complexity index is 394. The first-order valence-corrected chi connectivity index (χ1v) is 4.17. The zero-order valence-corrected chi connectivity index (χ0v) is 7.84. The van der Waals surface area contributed by atoms with Crippen molar-refractivity contribution in [2.24, 2.45) is 0 Å². The topological polar surface area (TPSA) is 56.0 Å².